The quantitative estimate of drug-likeness (QED) is 0.328. The Balaban J connectivity index is 1.92. The molecule has 4 aromatic rings. The average molecular weight is 433 g/mol. The van der Waals surface area contributed by atoms with E-state index in [1.165, 1.54) is 25.8 Å². The second kappa shape index (κ2) is 7.19. The molecule has 3 aromatic carbocycles. The fraction of sp³-hybridized carbons (Fsp3) is 0. The summed E-state index contributed by atoms with van der Waals surface area (Å²) < 4.78 is 1.19. The minimum atomic E-state index is 1.00. The smallest absolute Gasteiger partial charge is 0.0712 e. The van der Waals surface area contributed by atoms with Crippen LogP contribution in [0.5, 0.6) is 0 Å². The highest BCUT2D eigenvalue weighted by molar-refractivity contribution is 14.1. The molecular formula is C23H16IN. The van der Waals surface area contributed by atoms with Crippen molar-refractivity contribution < 1.29 is 0 Å². The van der Waals surface area contributed by atoms with Gasteiger partial charge < -0.3 is 0 Å². The predicted octanol–water partition coefficient (Wildman–Crippen LogP) is 6.69. The Morgan fingerprint density at radius 2 is 1.04 bits per heavy atom. The molecule has 0 saturated carbocycles. The lowest BCUT2D eigenvalue weighted by atomic mass is 9.95. The molecule has 1 aromatic heterocycles. The third kappa shape index (κ3) is 3.64. The molecule has 0 radical (unpaired) electrons. The Bertz CT molecular complexity index is 937. The highest BCUT2D eigenvalue weighted by Gasteiger charge is 2.08. The molecule has 0 atom stereocenters. The SMILES string of the molecule is Ic1ccnc(-c2cc(-c3ccccc3)cc(-c3ccccc3)c2)c1. The Hall–Kier alpha value is -2.46. The number of pyridine rings is 1. The zero-order valence-electron chi connectivity index (χ0n) is 13.6. The van der Waals surface area contributed by atoms with Crippen molar-refractivity contribution in [2.24, 2.45) is 0 Å². The van der Waals surface area contributed by atoms with Gasteiger partial charge in [-0.3, -0.25) is 4.98 Å². The second-order valence-corrected chi connectivity index (χ2v) is 7.14. The molecule has 120 valence electrons. The molecule has 0 unspecified atom stereocenters. The van der Waals surface area contributed by atoms with Crippen molar-refractivity contribution in [1.82, 2.24) is 4.98 Å². The summed E-state index contributed by atoms with van der Waals surface area (Å²) in [5.41, 5.74) is 6.98. The average Bonchev–Trinajstić information content (AvgIpc) is 2.69. The molecule has 0 bridgehead atoms. The van der Waals surface area contributed by atoms with Crippen LogP contribution in [-0.2, 0) is 0 Å². The molecular weight excluding hydrogens is 417 g/mol. The predicted molar refractivity (Wildman–Crippen MR) is 113 cm³/mol. The molecule has 0 fully saturated rings. The molecule has 0 aliphatic carbocycles. The molecule has 0 amide bonds. The molecule has 2 heteroatoms. The summed E-state index contributed by atoms with van der Waals surface area (Å²) in [5, 5.41) is 0. The molecule has 0 aliphatic rings. The van der Waals surface area contributed by atoms with Crippen molar-refractivity contribution in [3.63, 3.8) is 0 Å². The van der Waals surface area contributed by atoms with Crippen LogP contribution in [0.2, 0.25) is 0 Å². The van der Waals surface area contributed by atoms with Gasteiger partial charge in [0.25, 0.3) is 0 Å². The van der Waals surface area contributed by atoms with E-state index in [2.05, 4.69) is 100 Å². The molecule has 1 nitrogen and oxygen atoms in total. The van der Waals surface area contributed by atoms with Gasteiger partial charge >= 0.3 is 0 Å². The maximum absolute atomic E-state index is 4.57. The minimum absolute atomic E-state index is 1.00. The maximum Gasteiger partial charge on any atom is 0.0712 e. The monoisotopic (exact) mass is 433 g/mol. The topological polar surface area (TPSA) is 12.9 Å². The first-order valence-corrected chi connectivity index (χ1v) is 9.25. The van der Waals surface area contributed by atoms with Crippen molar-refractivity contribution in [1.29, 1.82) is 0 Å². The second-order valence-electron chi connectivity index (χ2n) is 5.89. The van der Waals surface area contributed by atoms with Gasteiger partial charge in [-0.15, -0.1) is 0 Å². The highest BCUT2D eigenvalue weighted by atomic mass is 127. The number of halogens is 1. The van der Waals surface area contributed by atoms with Gasteiger partial charge in [0, 0.05) is 15.3 Å². The number of benzene rings is 3. The molecule has 0 N–H and O–H groups in total. The van der Waals surface area contributed by atoms with E-state index in [-0.39, 0.29) is 0 Å². The van der Waals surface area contributed by atoms with Crippen molar-refractivity contribution in [2.75, 3.05) is 0 Å². The zero-order valence-corrected chi connectivity index (χ0v) is 15.7. The van der Waals surface area contributed by atoms with Crippen molar-refractivity contribution >= 4 is 22.6 Å². The lowest BCUT2D eigenvalue weighted by molar-refractivity contribution is 1.31. The minimum Gasteiger partial charge on any atom is -0.256 e. The third-order valence-electron chi connectivity index (χ3n) is 4.17. The van der Waals surface area contributed by atoms with Crippen LogP contribution in [0, 0.1) is 3.57 Å². The van der Waals surface area contributed by atoms with E-state index < -0.39 is 0 Å². The first-order chi connectivity index (χ1) is 12.3. The van der Waals surface area contributed by atoms with Gasteiger partial charge in [0.15, 0.2) is 0 Å². The summed E-state index contributed by atoms with van der Waals surface area (Å²) in [6.45, 7) is 0. The van der Waals surface area contributed by atoms with Crippen LogP contribution >= 0.6 is 22.6 Å². The summed E-state index contributed by atoms with van der Waals surface area (Å²) in [6.07, 6.45) is 1.87. The van der Waals surface area contributed by atoms with Crippen LogP contribution in [-0.4, -0.2) is 4.98 Å². The van der Waals surface area contributed by atoms with E-state index in [0.717, 1.165) is 11.3 Å². The normalized spacial score (nSPS) is 10.6. The van der Waals surface area contributed by atoms with Gasteiger partial charge in [-0.25, -0.2) is 0 Å². The van der Waals surface area contributed by atoms with Gasteiger partial charge in [0.2, 0.25) is 0 Å². The standard InChI is InChI=1S/C23H16IN/c24-22-11-12-25-23(16-22)21-14-19(17-7-3-1-4-8-17)13-20(15-21)18-9-5-2-6-10-18/h1-16H. The summed E-state index contributed by atoms with van der Waals surface area (Å²) in [6, 6.07) is 31.8. The zero-order chi connectivity index (χ0) is 17.1. The molecule has 0 aliphatic heterocycles. The van der Waals surface area contributed by atoms with Crippen LogP contribution < -0.4 is 0 Å². The molecule has 4 rings (SSSR count). The fourth-order valence-corrected chi connectivity index (χ4v) is 3.39. The van der Waals surface area contributed by atoms with Crippen LogP contribution in [0.25, 0.3) is 33.5 Å². The number of hydrogen-bond donors (Lipinski definition) is 0. The van der Waals surface area contributed by atoms with Crippen molar-refractivity contribution in [3.8, 4) is 33.5 Å². The molecule has 0 spiro atoms. The largest absolute Gasteiger partial charge is 0.256 e. The van der Waals surface area contributed by atoms with E-state index >= 15 is 0 Å². The summed E-state index contributed by atoms with van der Waals surface area (Å²) in [7, 11) is 0. The van der Waals surface area contributed by atoms with E-state index in [4.69, 9.17) is 0 Å². The number of aromatic nitrogens is 1. The Morgan fingerprint density at radius 1 is 0.520 bits per heavy atom. The van der Waals surface area contributed by atoms with E-state index in [1.54, 1.807) is 0 Å². The first-order valence-electron chi connectivity index (χ1n) is 8.17. The Morgan fingerprint density at radius 3 is 1.56 bits per heavy atom. The van der Waals surface area contributed by atoms with E-state index in [1.807, 2.05) is 24.4 Å². The molecule has 1 heterocycles. The van der Waals surface area contributed by atoms with Gasteiger partial charge in [0.05, 0.1) is 5.69 Å². The lowest BCUT2D eigenvalue weighted by Gasteiger charge is -2.11. The van der Waals surface area contributed by atoms with Crippen LogP contribution in [0.3, 0.4) is 0 Å². The lowest BCUT2D eigenvalue weighted by Crippen LogP contribution is -1.88. The van der Waals surface area contributed by atoms with E-state index in [9.17, 15) is 0 Å². The van der Waals surface area contributed by atoms with Gasteiger partial charge in [-0.2, -0.15) is 0 Å². The van der Waals surface area contributed by atoms with Gasteiger partial charge in [0.1, 0.15) is 0 Å². The summed E-state index contributed by atoms with van der Waals surface area (Å²) in [4.78, 5) is 4.57. The maximum atomic E-state index is 4.57. The fourth-order valence-electron chi connectivity index (χ4n) is 2.93. The van der Waals surface area contributed by atoms with Crippen LogP contribution in [0.4, 0.5) is 0 Å². The Labute approximate surface area is 161 Å². The van der Waals surface area contributed by atoms with Gasteiger partial charge in [-0.05, 0) is 75.2 Å². The van der Waals surface area contributed by atoms with Crippen molar-refractivity contribution in [2.45, 2.75) is 0 Å². The Kier molecular flexibility index (Phi) is 4.61. The van der Waals surface area contributed by atoms with Crippen LogP contribution in [0.15, 0.2) is 97.2 Å². The van der Waals surface area contributed by atoms with Gasteiger partial charge in [-0.1, -0.05) is 60.7 Å². The number of rotatable bonds is 3. The third-order valence-corrected chi connectivity index (χ3v) is 4.84. The van der Waals surface area contributed by atoms with Crippen LogP contribution in [0.1, 0.15) is 0 Å². The first kappa shape index (κ1) is 16.0. The summed E-state index contributed by atoms with van der Waals surface area (Å²) >= 11 is 2.33. The molecule has 0 saturated heterocycles. The highest BCUT2D eigenvalue weighted by Crippen LogP contribution is 2.32. The number of hydrogen-bond acceptors (Lipinski definition) is 1. The van der Waals surface area contributed by atoms with E-state index in [0.29, 0.717) is 0 Å². The molecule has 25 heavy (non-hydrogen) atoms. The summed E-state index contributed by atoms with van der Waals surface area (Å²) in [5.74, 6) is 0. The number of nitrogens with zero attached hydrogens (tertiary/aromatic N) is 1. The van der Waals surface area contributed by atoms with Crippen molar-refractivity contribution in [3.05, 3.63) is 101 Å².